The summed E-state index contributed by atoms with van der Waals surface area (Å²) in [5.41, 5.74) is -5.35. The first-order valence-electron chi connectivity index (χ1n) is 47.9. The largest absolute Gasteiger partial charge is 0.462 e. The summed E-state index contributed by atoms with van der Waals surface area (Å²) >= 11 is 5.70. The van der Waals surface area contributed by atoms with Crippen LogP contribution in [0.15, 0.2) is 91.7 Å². The lowest BCUT2D eigenvalue weighted by Crippen LogP contribution is -2.67. The summed E-state index contributed by atoms with van der Waals surface area (Å²) in [5, 5.41) is 74.0. The predicted octanol–water partition coefficient (Wildman–Crippen LogP) is 7.08. The van der Waals surface area contributed by atoms with Crippen molar-refractivity contribution in [3.05, 3.63) is 91.7 Å². The van der Waals surface area contributed by atoms with Gasteiger partial charge in [-0.1, -0.05) is 129 Å². The quantitative estimate of drug-likeness (QED) is 0.0189. The maximum absolute atomic E-state index is 12.8. The molecule has 0 radical (unpaired) electrons. The van der Waals surface area contributed by atoms with E-state index < -0.39 is 203 Å². The Balaban J connectivity index is 0.000000202. The number of hydrogen-bond acceptors (Lipinski definition) is 36. The molecule has 12 aliphatic heterocycles. The molecule has 1 aromatic carbocycles. The van der Waals surface area contributed by atoms with Crippen molar-refractivity contribution in [2.75, 3.05) is 54.4 Å². The van der Waals surface area contributed by atoms with Gasteiger partial charge in [-0.05, 0) is 154 Å². The van der Waals surface area contributed by atoms with Crippen molar-refractivity contribution in [2.24, 2.45) is 0 Å². The minimum atomic E-state index is -3.38. The molecule has 0 spiro atoms. The number of carbonyl (C=O) groups excluding carboxylic acids is 11. The lowest BCUT2D eigenvalue weighted by molar-refractivity contribution is -0.164. The third kappa shape index (κ3) is 24.7. The topological polar surface area (TPSA) is 515 Å². The van der Waals surface area contributed by atoms with E-state index in [1.165, 1.54) is 102 Å². The molecule has 141 heavy (non-hydrogen) atoms. The number of carbonyl (C=O) groups is 11. The molecule has 7 saturated heterocycles. The van der Waals surface area contributed by atoms with Crippen LogP contribution in [-0.4, -0.2) is 346 Å². The van der Waals surface area contributed by atoms with Crippen LogP contribution in [0.25, 0.3) is 0 Å². The Labute approximate surface area is 835 Å². The molecule has 0 saturated carbocycles. The van der Waals surface area contributed by atoms with Gasteiger partial charge in [0.05, 0.1) is 71.2 Å². The lowest BCUT2D eigenvalue weighted by Gasteiger charge is -2.52. The summed E-state index contributed by atoms with van der Waals surface area (Å²) < 4.78 is 106. The summed E-state index contributed by atoms with van der Waals surface area (Å²) in [6.45, 7) is 43.6. The van der Waals surface area contributed by atoms with Crippen LogP contribution in [-0.2, 0) is 138 Å². The minimum Gasteiger partial charge on any atom is -0.462 e. The van der Waals surface area contributed by atoms with Gasteiger partial charge in [0, 0.05) is 52.3 Å². The minimum absolute atomic E-state index is 0.105. The Morgan fingerprint density at radius 3 is 1.07 bits per heavy atom. The van der Waals surface area contributed by atoms with Crippen LogP contribution in [0.4, 0.5) is 0 Å². The third-order valence-electron chi connectivity index (χ3n) is 27.8. The molecule has 1 aromatic rings. The van der Waals surface area contributed by atoms with Crippen molar-refractivity contribution < 1.29 is 166 Å². The van der Waals surface area contributed by atoms with Gasteiger partial charge in [0.1, 0.15) is 101 Å². The SMILES string of the molecule is CC(C)[Si]1(C(C)C)OC[C@H]2O[C@@H](N3C=CC(=O)CC3=O)[C@](C)(O)[C@@H]2O[Si](C(C)C)(C(C)C)O1.CO[C@]1(C)[C@@H]2O[Si](C(C)C)(C(C)C)O[Si](C(C)C)(C(C)C)OC[C@H]2O[C@H]1N1C=CC(=O)CC1=O.CO[C@]1(C)[C@H](O)[C@@H](CO)O[C@H]1N1C=CC(=O)CC1=O.CO[C@]1(C)[C@H](O)[C@@H](COP(=S)(N[C@@H](C)C(=O)OC(C)C)Oc2ccccc2)O[C@H]1N1C=CC(=O)CC1=O.C[C@@]1(O)[C@H](O)[C@@H](CO)O[C@H]1N1C=CC(=O)CC1=O. The van der Waals surface area contributed by atoms with E-state index in [2.05, 4.69) is 116 Å². The maximum atomic E-state index is 12.8. The van der Waals surface area contributed by atoms with Crippen LogP contribution < -0.4 is 9.61 Å². The number of aliphatic hydroxyl groups excluding tert-OH is 5. The molecule has 0 bridgehead atoms. The van der Waals surface area contributed by atoms with Crippen LogP contribution in [0, 0.1) is 0 Å². The summed E-state index contributed by atoms with van der Waals surface area (Å²) in [6.07, 6.45) is -1.72. The van der Waals surface area contributed by atoms with E-state index in [4.69, 9.17) is 94.5 Å². The smallest absolute Gasteiger partial charge is 0.335 e. The molecule has 47 heteroatoms. The molecule has 12 heterocycles. The van der Waals surface area contributed by atoms with E-state index in [0.717, 1.165) is 4.90 Å². The zero-order valence-corrected chi connectivity index (χ0v) is 91.5. The Hall–Kier alpha value is -6.51. The van der Waals surface area contributed by atoms with Crippen molar-refractivity contribution >= 4 is 117 Å². The number of esters is 1. The van der Waals surface area contributed by atoms with Gasteiger partial charge in [-0.15, -0.1) is 0 Å². The number of ketones is 5. The van der Waals surface area contributed by atoms with Crippen LogP contribution in [0.5, 0.6) is 5.75 Å². The Bertz CT molecular complexity index is 4800. The molecule has 12 aliphatic rings. The molecule has 792 valence electrons. The Morgan fingerprint density at radius 2 is 0.738 bits per heavy atom. The highest BCUT2D eigenvalue weighted by molar-refractivity contribution is 8.09. The van der Waals surface area contributed by atoms with Gasteiger partial charge in [-0.2, -0.15) is 0 Å². The molecule has 1 unspecified atom stereocenters. The summed E-state index contributed by atoms with van der Waals surface area (Å²) in [4.78, 5) is 138. The molecule has 13 rings (SSSR count). The van der Waals surface area contributed by atoms with Gasteiger partial charge < -0.3 is 113 Å². The molecule has 0 aliphatic carbocycles. The number of aliphatic hydroxyl groups is 7. The van der Waals surface area contributed by atoms with Gasteiger partial charge in [-0.25, -0.2) is 5.09 Å². The first kappa shape index (κ1) is 118. The van der Waals surface area contributed by atoms with Gasteiger partial charge in [0.25, 0.3) is 0 Å². The van der Waals surface area contributed by atoms with E-state index in [1.807, 2.05) is 13.0 Å². The summed E-state index contributed by atoms with van der Waals surface area (Å²) in [7, 11) is -6.87. The number of allylic oxidation sites excluding steroid dienone is 5. The molecule has 41 nitrogen and oxygen atoms in total. The molecule has 5 amide bonds. The summed E-state index contributed by atoms with van der Waals surface area (Å²) in [6, 6.07) is 7.87. The van der Waals surface area contributed by atoms with E-state index >= 15 is 0 Å². The van der Waals surface area contributed by atoms with E-state index in [1.54, 1.807) is 72.9 Å². The number of benzene rings is 1. The van der Waals surface area contributed by atoms with Gasteiger partial charge >= 0.3 is 46.9 Å². The Morgan fingerprint density at radius 1 is 0.433 bits per heavy atom. The fourth-order valence-corrected chi connectivity index (χ4v) is 44.4. The number of rotatable bonds is 27. The van der Waals surface area contributed by atoms with Gasteiger partial charge in [0.15, 0.2) is 60.1 Å². The van der Waals surface area contributed by atoms with E-state index in [0.29, 0.717) is 12.4 Å². The normalized spacial score (nSPS) is 34.1. The predicted molar refractivity (Wildman–Crippen MR) is 520 cm³/mol. The molecular weight excluding hydrogens is 1950 g/mol. The molecule has 7 fully saturated rings. The van der Waals surface area contributed by atoms with Crippen molar-refractivity contribution in [1.82, 2.24) is 29.6 Å². The van der Waals surface area contributed by atoms with Crippen LogP contribution >= 0.6 is 6.64 Å². The van der Waals surface area contributed by atoms with Crippen molar-refractivity contribution in [3.63, 3.8) is 0 Å². The zero-order valence-electron chi connectivity index (χ0n) is 85.8. The number of nitrogens with one attached hydrogen (secondary N) is 1. The standard InChI is InChI=1S/C24H33N2O9PS.C24H43NO7Si2.C23H41NO7Si2.C12H17NO6.C11H15NO6/c1-15(2)33-22(30)16(3)25-36(37,35-18-9-7-6-8-10-18)32-14-19-21(29)24(4,31-5)23(34-19)26-12-11-17(27)13-20(26)28;1-15(2)33(16(3)4)29-14-20-22(31-34(32-33,17(5)6)18(7)8)24(9,28-10)23(30-20)25-12-11-19(26)13-21(25)27;1-14(2)32(15(3)4)28-13-19-21(30-33(31-32,16(5)6)17(7)8)23(9,27)22(29-19)24-11-10-18(25)12-20(24)26;1-12(18-2)10(17)8(6-14)19-11(12)13-4-3-7(15)5-9(13)16;1-11(17)9(16)7(5-13)18-10(11)12-3-2-6(14)4-8(12)15/h6-12,15-16,19,21,23,29H,13-14H2,1-5H3,(H,25,37);11-12,15-18,20,22-23H,13-14H2,1-10H3;10-11,14-17,19,21-22,27H,12-13H2,1-9H3;3-4,8,10-11,14,17H,5-6H2,1-2H3;2-3,7,9-10,13,16-17H,4-5H2,1H3/t16-,19+,21+,23+,24+,36?;20-,22-,23-,24-;19-,21-,22-,23-;8-,10-,11-,12-;7-,9-,10-,11-/m01111/s1. The van der Waals surface area contributed by atoms with Crippen LogP contribution in [0.2, 0.25) is 44.3 Å². The molecule has 8 N–H and O–H groups in total. The number of amides is 5. The molecule has 22 atom stereocenters. The fourth-order valence-electron chi connectivity index (χ4n) is 19.4. The van der Waals surface area contributed by atoms with E-state index in [9.17, 15) is 83.4 Å². The number of hydrogen-bond donors (Lipinski definition) is 8. The van der Waals surface area contributed by atoms with Gasteiger partial charge in [-0.3, -0.25) is 77.2 Å². The second kappa shape index (κ2) is 47.3. The lowest BCUT2D eigenvalue weighted by atomic mass is 9.95. The average Bonchev–Trinajstić information content (AvgIpc) is 1.55. The van der Waals surface area contributed by atoms with Crippen LogP contribution in [0.3, 0.4) is 0 Å². The highest BCUT2D eigenvalue weighted by Gasteiger charge is 2.69. The maximum Gasteiger partial charge on any atom is 0.335 e. The molecular formula is C94H149N6O35PSSi4. The molecule has 0 aromatic heterocycles. The van der Waals surface area contributed by atoms with Crippen molar-refractivity contribution in [3.8, 4) is 5.75 Å². The van der Waals surface area contributed by atoms with Crippen LogP contribution in [0.1, 0.15) is 198 Å². The van der Waals surface area contributed by atoms with E-state index in [-0.39, 0.29) is 137 Å². The summed E-state index contributed by atoms with van der Waals surface area (Å²) in [5.74, 6) is -3.64. The number of fused-ring (bicyclic) bond motifs is 2. The highest BCUT2D eigenvalue weighted by atomic mass is 32.5. The van der Waals surface area contributed by atoms with Gasteiger partial charge in [0.2, 0.25) is 29.5 Å². The average molecular weight is 2100 g/mol. The second-order valence-electron chi connectivity index (χ2n) is 40.8. The number of methoxy groups -OCH3 is 3. The first-order chi connectivity index (χ1) is 65.6. The first-order valence-corrected chi connectivity index (χ1v) is 58.4. The number of para-hydroxylation sites is 1. The van der Waals surface area contributed by atoms with Crippen molar-refractivity contribution in [2.45, 2.75) is 375 Å². The number of ether oxygens (including phenoxy) is 9. The number of nitrogens with zero attached hydrogens (tertiary/aromatic N) is 5. The third-order valence-corrected chi connectivity index (χ3v) is 50.8. The monoisotopic (exact) mass is 2100 g/mol. The zero-order chi connectivity index (χ0) is 106. The fraction of sp³-hybridized carbons (Fsp3) is 0.713. The highest BCUT2D eigenvalue weighted by Crippen LogP contribution is 2.55. The Kier molecular flexibility index (Phi) is 39.6. The second-order valence-corrected chi connectivity index (χ2v) is 61.6. The van der Waals surface area contributed by atoms with Crippen molar-refractivity contribution in [1.29, 1.82) is 0 Å².